The van der Waals surface area contributed by atoms with Gasteiger partial charge in [-0.3, -0.25) is 0 Å². The summed E-state index contributed by atoms with van der Waals surface area (Å²) in [6, 6.07) is 21.7. The van der Waals surface area contributed by atoms with Gasteiger partial charge >= 0.3 is 0 Å². The Morgan fingerprint density at radius 1 is 0.529 bits per heavy atom. The van der Waals surface area contributed by atoms with E-state index in [1.165, 1.54) is 80.7 Å². The minimum atomic E-state index is 1.07. The lowest BCUT2D eigenvalue weighted by molar-refractivity contribution is -0.703. The molecule has 170 valence electrons. The maximum Gasteiger partial charge on any atom is 0.202 e. The van der Waals surface area contributed by atoms with Gasteiger partial charge < -0.3 is 9.97 Å². The summed E-state index contributed by atoms with van der Waals surface area (Å²) in [5.74, 6) is 0. The zero-order valence-electron chi connectivity index (χ0n) is 20.1. The van der Waals surface area contributed by atoms with E-state index in [0.717, 1.165) is 13.1 Å². The number of rotatable bonds is 7. The third-order valence-corrected chi connectivity index (χ3v) is 7.47. The van der Waals surface area contributed by atoms with Crippen molar-refractivity contribution in [3.05, 3.63) is 84.4 Å². The monoisotopic (exact) mass is 448 g/mol. The number of aryl methyl sites for hydroxylation is 4. The minimum absolute atomic E-state index is 1.07. The third-order valence-electron chi connectivity index (χ3n) is 7.47. The van der Waals surface area contributed by atoms with E-state index in [-0.39, 0.29) is 0 Å². The highest BCUT2D eigenvalue weighted by atomic mass is 15.0. The number of nitrogens with zero attached hydrogens (tertiary/aromatic N) is 2. The van der Waals surface area contributed by atoms with E-state index in [2.05, 4.69) is 106 Å². The van der Waals surface area contributed by atoms with Gasteiger partial charge in [0.05, 0.1) is 0 Å². The third kappa shape index (κ3) is 3.54. The Hall–Kier alpha value is -3.66. The number of para-hydroxylation sites is 2. The maximum absolute atomic E-state index is 3.62. The van der Waals surface area contributed by atoms with E-state index in [1.54, 1.807) is 0 Å². The van der Waals surface area contributed by atoms with Crippen LogP contribution in [-0.2, 0) is 13.1 Å². The van der Waals surface area contributed by atoms with Crippen LogP contribution in [0.25, 0.3) is 43.6 Å². The molecule has 4 nitrogen and oxygen atoms in total. The van der Waals surface area contributed by atoms with Crippen molar-refractivity contribution >= 4 is 43.6 Å². The number of unbranched alkanes of at least 4 members (excludes halogenated alkanes) is 3. The maximum atomic E-state index is 3.62. The van der Waals surface area contributed by atoms with Crippen molar-refractivity contribution < 1.29 is 9.13 Å². The number of H-pyrrole nitrogens is 2. The number of nitrogens with one attached hydrogen (secondary N) is 2. The van der Waals surface area contributed by atoms with Crippen molar-refractivity contribution in [2.45, 2.75) is 52.6 Å². The molecule has 0 aliphatic rings. The number of pyridine rings is 2. The number of aromatic amines is 2. The topological polar surface area (TPSA) is 39.3 Å². The van der Waals surface area contributed by atoms with Crippen molar-refractivity contribution in [3.63, 3.8) is 0 Å². The van der Waals surface area contributed by atoms with Crippen molar-refractivity contribution in [2.75, 3.05) is 0 Å². The number of fused-ring (bicyclic) bond motifs is 6. The molecular formula is C30H32N4+2. The smallest absolute Gasteiger partial charge is 0.202 e. The van der Waals surface area contributed by atoms with Crippen LogP contribution < -0.4 is 9.13 Å². The van der Waals surface area contributed by atoms with E-state index in [0.29, 0.717) is 0 Å². The lowest BCUT2D eigenvalue weighted by Crippen LogP contribution is -2.37. The summed E-state index contributed by atoms with van der Waals surface area (Å²) >= 11 is 0. The fourth-order valence-corrected chi connectivity index (χ4v) is 5.49. The molecule has 6 rings (SSSR count). The van der Waals surface area contributed by atoms with Gasteiger partial charge in [-0.05, 0) is 25.0 Å². The number of aromatic nitrogens is 4. The first-order chi connectivity index (χ1) is 16.7. The Balaban J connectivity index is 1.07. The van der Waals surface area contributed by atoms with Crippen LogP contribution in [0.5, 0.6) is 0 Å². The molecule has 2 aromatic carbocycles. The van der Waals surface area contributed by atoms with Gasteiger partial charge in [-0.15, -0.1) is 0 Å². The van der Waals surface area contributed by atoms with E-state index in [9.17, 15) is 0 Å². The lowest BCUT2D eigenvalue weighted by atomic mass is 10.1. The Morgan fingerprint density at radius 2 is 0.971 bits per heavy atom. The molecule has 0 aliphatic heterocycles. The van der Waals surface area contributed by atoms with Gasteiger partial charge in [-0.2, -0.15) is 0 Å². The van der Waals surface area contributed by atoms with Crippen LogP contribution in [0.3, 0.4) is 0 Å². The summed E-state index contributed by atoms with van der Waals surface area (Å²) in [5.41, 5.74) is 7.62. The predicted molar refractivity (Wildman–Crippen MR) is 140 cm³/mol. The Bertz CT molecular complexity index is 1510. The second-order valence-electron chi connectivity index (χ2n) is 9.52. The molecule has 6 aromatic rings. The van der Waals surface area contributed by atoms with Gasteiger partial charge in [0.15, 0.2) is 12.4 Å². The number of benzene rings is 2. The summed E-state index contributed by atoms with van der Waals surface area (Å²) in [5, 5.41) is 5.27. The fraction of sp³-hybridized carbons (Fsp3) is 0.267. The molecule has 0 amide bonds. The Morgan fingerprint density at radius 3 is 1.44 bits per heavy atom. The highest BCUT2D eigenvalue weighted by Gasteiger charge is 2.16. The fourth-order valence-electron chi connectivity index (χ4n) is 5.49. The average molecular weight is 449 g/mol. The second-order valence-corrected chi connectivity index (χ2v) is 9.52. The Labute approximate surface area is 199 Å². The van der Waals surface area contributed by atoms with Gasteiger partial charge in [0.2, 0.25) is 11.4 Å². The van der Waals surface area contributed by atoms with Crippen LogP contribution in [0.15, 0.2) is 73.1 Å². The van der Waals surface area contributed by atoms with Crippen molar-refractivity contribution in [3.8, 4) is 0 Å². The second kappa shape index (κ2) is 8.60. The van der Waals surface area contributed by atoms with E-state index in [4.69, 9.17) is 0 Å². The van der Waals surface area contributed by atoms with Crippen LogP contribution in [-0.4, -0.2) is 9.97 Å². The van der Waals surface area contributed by atoms with Gasteiger partial charge in [0.1, 0.15) is 24.1 Å². The van der Waals surface area contributed by atoms with Gasteiger partial charge in [-0.25, -0.2) is 9.13 Å². The zero-order chi connectivity index (χ0) is 23.1. The van der Waals surface area contributed by atoms with Gasteiger partial charge in [0.25, 0.3) is 0 Å². The summed E-state index contributed by atoms with van der Waals surface area (Å²) in [7, 11) is 0. The molecule has 2 N–H and O–H groups in total. The molecule has 0 atom stereocenters. The van der Waals surface area contributed by atoms with Crippen molar-refractivity contribution in [1.29, 1.82) is 0 Å². The molecule has 0 spiro atoms. The summed E-state index contributed by atoms with van der Waals surface area (Å²) in [6.07, 6.45) is 9.44. The largest absolute Gasteiger partial charge is 0.349 e. The SMILES string of the molecule is Cc1c2[nH]c3ccccc3c2cc[n+]1CCCCCC[n+]1ccc2c([nH]c3ccccc32)c1C. The molecule has 0 fully saturated rings. The van der Waals surface area contributed by atoms with Crippen molar-refractivity contribution in [2.24, 2.45) is 0 Å². The van der Waals surface area contributed by atoms with Gasteiger partial charge in [0, 0.05) is 71.4 Å². The molecule has 0 saturated carbocycles. The van der Waals surface area contributed by atoms with E-state index < -0.39 is 0 Å². The van der Waals surface area contributed by atoms with E-state index in [1.807, 2.05) is 0 Å². The highest BCUT2D eigenvalue weighted by Crippen LogP contribution is 2.26. The number of hydrogen-bond acceptors (Lipinski definition) is 0. The van der Waals surface area contributed by atoms with Gasteiger partial charge in [-0.1, -0.05) is 36.4 Å². The van der Waals surface area contributed by atoms with Crippen LogP contribution in [0.4, 0.5) is 0 Å². The zero-order valence-corrected chi connectivity index (χ0v) is 20.1. The normalized spacial score (nSPS) is 11.9. The first-order valence-corrected chi connectivity index (χ1v) is 12.5. The quantitative estimate of drug-likeness (QED) is 0.209. The minimum Gasteiger partial charge on any atom is -0.349 e. The summed E-state index contributed by atoms with van der Waals surface area (Å²) in [4.78, 5) is 7.23. The molecular weight excluding hydrogens is 416 g/mol. The molecule has 4 heterocycles. The first kappa shape index (κ1) is 20.9. The molecule has 0 radical (unpaired) electrons. The molecule has 34 heavy (non-hydrogen) atoms. The number of hydrogen-bond donors (Lipinski definition) is 2. The molecule has 4 aromatic heterocycles. The highest BCUT2D eigenvalue weighted by molar-refractivity contribution is 6.08. The van der Waals surface area contributed by atoms with Crippen molar-refractivity contribution in [1.82, 2.24) is 9.97 Å². The van der Waals surface area contributed by atoms with Crippen LogP contribution in [0.1, 0.15) is 37.1 Å². The van der Waals surface area contributed by atoms with Crippen LogP contribution in [0, 0.1) is 13.8 Å². The molecule has 4 heteroatoms. The average Bonchev–Trinajstić information content (AvgIpc) is 3.43. The molecule has 0 unspecified atom stereocenters. The summed E-state index contributed by atoms with van der Waals surface area (Å²) in [6.45, 7) is 6.61. The van der Waals surface area contributed by atoms with Crippen LogP contribution in [0.2, 0.25) is 0 Å². The lowest BCUT2D eigenvalue weighted by Gasteiger charge is -2.04. The van der Waals surface area contributed by atoms with Crippen LogP contribution >= 0.6 is 0 Å². The first-order valence-electron chi connectivity index (χ1n) is 12.5. The molecule has 0 saturated heterocycles. The summed E-state index contributed by atoms with van der Waals surface area (Å²) < 4.78 is 4.81. The molecule has 0 bridgehead atoms. The molecule has 0 aliphatic carbocycles. The standard InChI is InChI=1S/C30H30N4/c1-21-29-25(23-11-5-7-13-27(23)31-29)15-19-33(21)17-9-3-4-10-18-34-20-16-26-24-12-6-8-14-28(24)32-30(26)22(34)2/h5-8,11-16,19-20H,3-4,9-10,17-18H2,1-2H3/p+2. The predicted octanol–water partition coefficient (Wildman–Crippen LogP) is 6.41. The Kier molecular flexibility index (Phi) is 5.29. The van der Waals surface area contributed by atoms with E-state index >= 15 is 0 Å².